The van der Waals surface area contributed by atoms with E-state index >= 15 is 0 Å². The van der Waals surface area contributed by atoms with Gasteiger partial charge in [-0.05, 0) is 44.6 Å². The highest BCUT2D eigenvalue weighted by molar-refractivity contribution is 5.70. The quantitative estimate of drug-likeness (QED) is 0.766. The summed E-state index contributed by atoms with van der Waals surface area (Å²) >= 11 is 0. The summed E-state index contributed by atoms with van der Waals surface area (Å²) < 4.78 is 0. The number of aliphatic carboxylic acids is 1. The van der Waals surface area contributed by atoms with Crippen LogP contribution >= 0.6 is 0 Å². The lowest BCUT2D eigenvalue weighted by molar-refractivity contribution is -0.142. The van der Waals surface area contributed by atoms with E-state index in [2.05, 4.69) is 39.0 Å². The third-order valence-electron chi connectivity index (χ3n) is 3.95. The first-order valence-corrected chi connectivity index (χ1v) is 7.46. The van der Waals surface area contributed by atoms with Crippen molar-refractivity contribution >= 4 is 5.97 Å². The molecule has 0 heterocycles. The van der Waals surface area contributed by atoms with Gasteiger partial charge in [0.05, 0.1) is 5.92 Å². The SMILES string of the molecule is CCC(CCc1cc(C)cc(C)c1)CC(CN)C(=O)O. The van der Waals surface area contributed by atoms with E-state index in [1.54, 1.807) is 0 Å². The van der Waals surface area contributed by atoms with E-state index in [-0.39, 0.29) is 6.54 Å². The van der Waals surface area contributed by atoms with Gasteiger partial charge in [-0.25, -0.2) is 0 Å². The summed E-state index contributed by atoms with van der Waals surface area (Å²) in [6.45, 7) is 6.59. The number of rotatable bonds is 8. The number of carboxylic acids is 1. The molecule has 0 saturated heterocycles. The molecule has 3 N–H and O–H groups in total. The Morgan fingerprint density at radius 1 is 1.25 bits per heavy atom. The van der Waals surface area contributed by atoms with Crippen molar-refractivity contribution in [2.45, 2.75) is 46.5 Å². The summed E-state index contributed by atoms with van der Waals surface area (Å²) in [5.41, 5.74) is 9.47. The lowest BCUT2D eigenvalue weighted by Crippen LogP contribution is -2.26. The molecule has 0 aliphatic heterocycles. The van der Waals surface area contributed by atoms with Crippen molar-refractivity contribution in [3.8, 4) is 0 Å². The van der Waals surface area contributed by atoms with Gasteiger partial charge in [0.2, 0.25) is 0 Å². The third-order valence-corrected chi connectivity index (χ3v) is 3.95. The van der Waals surface area contributed by atoms with Crippen molar-refractivity contribution in [1.29, 1.82) is 0 Å². The molecule has 3 heteroatoms. The molecule has 1 rings (SSSR count). The summed E-state index contributed by atoms with van der Waals surface area (Å²) in [5, 5.41) is 9.10. The molecular formula is C17H27NO2. The number of carbonyl (C=O) groups is 1. The van der Waals surface area contributed by atoms with Crippen LogP contribution in [0, 0.1) is 25.7 Å². The van der Waals surface area contributed by atoms with E-state index in [1.165, 1.54) is 16.7 Å². The van der Waals surface area contributed by atoms with Crippen molar-refractivity contribution < 1.29 is 9.90 Å². The van der Waals surface area contributed by atoms with Gasteiger partial charge in [0, 0.05) is 6.54 Å². The van der Waals surface area contributed by atoms with Crippen molar-refractivity contribution in [3.63, 3.8) is 0 Å². The topological polar surface area (TPSA) is 63.3 Å². The molecule has 0 aliphatic carbocycles. The van der Waals surface area contributed by atoms with Crippen LogP contribution in [0.2, 0.25) is 0 Å². The first-order valence-electron chi connectivity index (χ1n) is 7.46. The fourth-order valence-electron chi connectivity index (χ4n) is 2.77. The summed E-state index contributed by atoms with van der Waals surface area (Å²) in [6, 6.07) is 6.62. The Hall–Kier alpha value is -1.35. The molecule has 0 amide bonds. The molecule has 20 heavy (non-hydrogen) atoms. The largest absolute Gasteiger partial charge is 0.481 e. The lowest BCUT2D eigenvalue weighted by atomic mass is 9.87. The number of aryl methyl sites for hydroxylation is 3. The Morgan fingerprint density at radius 3 is 2.30 bits per heavy atom. The van der Waals surface area contributed by atoms with Crippen LogP contribution in [0.5, 0.6) is 0 Å². The average molecular weight is 277 g/mol. The van der Waals surface area contributed by atoms with Crippen LogP contribution in [-0.4, -0.2) is 17.6 Å². The highest BCUT2D eigenvalue weighted by atomic mass is 16.4. The van der Waals surface area contributed by atoms with Crippen LogP contribution < -0.4 is 5.73 Å². The number of hydrogen-bond donors (Lipinski definition) is 2. The predicted molar refractivity (Wildman–Crippen MR) is 82.8 cm³/mol. The van der Waals surface area contributed by atoms with Crippen molar-refractivity contribution in [2.24, 2.45) is 17.6 Å². The molecule has 2 atom stereocenters. The molecule has 2 unspecified atom stereocenters. The molecule has 112 valence electrons. The van der Waals surface area contributed by atoms with Crippen LogP contribution in [0.3, 0.4) is 0 Å². The molecule has 0 saturated carbocycles. The van der Waals surface area contributed by atoms with Gasteiger partial charge in [-0.3, -0.25) is 4.79 Å². The molecule has 0 bridgehead atoms. The van der Waals surface area contributed by atoms with Gasteiger partial charge in [0.1, 0.15) is 0 Å². The second-order valence-corrected chi connectivity index (χ2v) is 5.82. The monoisotopic (exact) mass is 277 g/mol. The van der Waals surface area contributed by atoms with E-state index in [0.29, 0.717) is 12.3 Å². The van der Waals surface area contributed by atoms with E-state index < -0.39 is 11.9 Å². The zero-order chi connectivity index (χ0) is 15.1. The molecule has 0 spiro atoms. The third kappa shape index (κ3) is 5.33. The van der Waals surface area contributed by atoms with Gasteiger partial charge < -0.3 is 10.8 Å². The van der Waals surface area contributed by atoms with Gasteiger partial charge in [0.25, 0.3) is 0 Å². The highest BCUT2D eigenvalue weighted by Gasteiger charge is 2.20. The van der Waals surface area contributed by atoms with Crippen molar-refractivity contribution in [2.75, 3.05) is 6.54 Å². The van der Waals surface area contributed by atoms with Gasteiger partial charge in [0.15, 0.2) is 0 Å². The molecule has 0 fully saturated rings. The smallest absolute Gasteiger partial charge is 0.307 e. The number of carboxylic acid groups (broad SMARTS) is 1. The minimum absolute atomic E-state index is 0.232. The van der Waals surface area contributed by atoms with Crippen LogP contribution in [0.25, 0.3) is 0 Å². The Kier molecular flexibility index (Phi) is 6.73. The molecule has 3 nitrogen and oxygen atoms in total. The number of hydrogen-bond acceptors (Lipinski definition) is 2. The lowest BCUT2D eigenvalue weighted by Gasteiger charge is -2.19. The van der Waals surface area contributed by atoms with Gasteiger partial charge >= 0.3 is 5.97 Å². The number of nitrogens with two attached hydrogens (primary N) is 1. The van der Waals surface area contributed by atoms with Gasteiger partial charge in [-0.15, -0.1) is 0 Å². The maximum absolute atomic E-state index is 11.1. The Balaban J connectivity index is 2.58. The van der Waals surface area contributed by atoms with E-state index in [4.69, 9.17) is 10.8 Å². The minimum Gasteiger partial charge on any atom is -0.481 e. The van der Waals surface area contributed by atoms with Gasteiger partial charge in [-0.1, -0.05) is 42.7 Å². The summed E-state index contributed by atoms with van der Waals surface area (Å²) in [7, 11) is 0. The predicted octanol–water partition coefficient (Wildman–Crippen LogP) is 3.31. The Morgan fingerprint density at radius 2 is 1.85 bits per heavy atom. The molecular weight excluding hydrogens is 250 g/mol. The first kappa shape index (κ1) is 16.7. The van der Waals surface area contributed by atoms with Crippen LogP contribution in [0.1, 0.15) is 42.9 Å². The summed E-state index contributed by atoms with van der Waals surface area (Å²) in [6.07, 6.45) is 3.74. The van der Waals surface area contributed by atoms with Crippen LogP contribution in [0.4, 0.5) is 0 Å². The molecule has 0 aliphatic rings. The zero-order valence-electron chi connectivity index (χ0n) is 12.9. The van der Waals surface area contributed by atoms with Crippen molar-refractivity contribution in [3.05, 3.63) is 34.9 Å². The van der Waals surface area contributed by atoms with Crippen molar-refractivity contribution in [1.82, 2.24) is 0 Å². The molecule has 0 radical (unpaired) electrons. The van der Waals surface area contributed by atoms with Gasteiger partial charge in [-0.2, -0.15) is 0 Å². The summed E-state index contributed by atoms with van der Waals surface area (Å²) in [5.74, 6) is -0.739. The minimum atomic E-state index is -0.766. The fourth-order valence-corrected chi connectivity index (χ4v) is 2.77. The average Bonchev–Trinajstić information content (AvgIpc) is 2.37. The normalized spacial score (nSPS) is 14.0. The van der Waals surface area contributed by atoms with E-state index in [1.807, 2.05) is 0 Å². The zero-order valence-corrected chi connectivity index (χ0v) is 12.9. The summed E-state index contributed by atoms with van der Waals surface area (Å²) in [4.78, 5) is 11.1. The Labute approximate surface area is 122 Å². The molecule has 0 aromatic heterocycles. The number of benzene rings is 1. The maximum atomic E-state index is 11.1. The second-order valence-electron chi connectivity index (χ2n) is 5.82. The highest BCUT2D eigenvalue weighted by Crippen LogP contribution is 2.22. The first-order chi connectivity index (χ1) is 9.46. The molecule has 1 aromatic carbocycles. The maximum Gasteiger partial charge on any atom is 0.307 e. The van der Waals surface area contributed by atoms with Crippen LogP contribution in [0.15, 0.2) is 18.2 Å². The fraction of sp³-hybridized carbons (Fsp3) is 0.588. The van der Waals surface area contributed by atoms with E-state index in [0.717, 1.165) is 19.3 Å². The van der Waals surface area contributed by atoms with E-state index in [9.17, 15) is 4.79 Å². The second kappa shape index (κ2) is 8.05. The standard InChI is InChI=1S/C17H27NO2/c1-4-14(10-16(11-18)17(19)20)5-6-15-8-12(2)7-13(3)9-15/h7-9,14,16H,4-6,10-11,18H2,1-3H3,(H,19,20). The Bertz CT molecular complexity index is 422. The molecule has 1 aromatic rings. The van der Waals surface area contributed by atoms with Crippen LogP contribution in [-0.2, 0) is 11.2 Å².